The Kier molecular flexibility index (Phi) is 3.62. The maximum atomic E-state index is 6.28. The summed E-state index contributed by atoms with van der Waals surface area (Å²) in [5, 5.41) is 0. The lowest BCUT2D eigenvalue weighted by Crippen LogP contribution is -2.37. The van der Waals surface area contributed by atoms with Crippen LogP contribution in [0.3, 0.4) is 0 Å². The van der Waals surface area contributed by atoms with Crippen molar-refractivity contribution < 1.29 is 4.74 Å². The van der Waals surface area contributed by atoms with Gasteiger partial charge in [-0.15, -0.1) is 0 Å². The molecular formula is C17H24BrNO. The van der Waals surface area contributed by atoms with Gasteiger partial charge in [0.1, 0.15) is 11.4 Å². The second-order valence-corrected chi connectivity index (χ2v) is 7.94. The largest absolute Gasteiger partial charge is 0.487 e. The summed E-state index contributed by atoms with van der Waals surface area (Å²) in [5.41, 5.74) is 8.91. The van der Waals surface area contributed by atoms with E-state index in [1.54, 1.807) is 0 Å². The van der Waals surface area contributed by atoms with Gasteiger partial charge in [-0.3, -0.25) is 0 Å². The van der Waals surface area contributed by atoms with Crippen molar-refractivity contribution in [3.63, 3.8) is 0 Å². The third kappa shape index (κ3) is 2.39. The van der Waals surface area contributed by atoms with Gasteiger partial charge in [-0.25, -0.2) is 0 Å². The van der Waals surface area contributed by atoms with E-state index >= 15 is 0 Å². The summed E-state index contributed by atoms with van der Waals surface area (Å²) < 4.78 is 7.44. The first-order valence-corrected chi connectivity index (χ1v) is 8.47. The fraction of sp³-hybridized carbons (Fsp3) is 0.647. The lowest BCUT2D eigenvalue weighted by atomic mass is 9.69. The van der Waals surface area contributed by atoms with Gasteiger partial charge < -0.3 is 10.5 Å². The molecule has 0 amide bonds. The van der Waals surface area contributed by atoms with Crippen LogP contribution in [0, 0.1) is 0 Å². The van der Waals surface area contributed by atoms with E-state index in [0.717, 1.165) is 23.2 Å². The van der Waals surface area contributed by atoms with Gasteiger partial charge in [-0.05, 0) is 44.4 Å². The summed E-state index contributed by atoms with van der Waals surface area (Å²) in [7, 11) is 0. The van der Waals surface area contributed by atoms with E-state index in [2.05, 4.69) is 41.9 Å². The van der Waals surface area contributed by atoms with Crippen molar-refractivity contribution in [2.45, 2.75) is 63.4 Å². The fourth-order valence-electron chi connectivity index (χ4n) is 3.88. The molecule has 1 aromatic carbocycles. The molecule has 1 aliphatic carbocycles. The van der Waals surface area contributed by atoms with Crippen molar-refractivity contribution in [3.05, 3.63) is 27.7 Å². The summed E-state index contributed by atoms with van der Waals surface area (Å²) in [6.45, 7) is 5.06. The van der Waals surface area contributed by atoms with Crippen LogP contribution in [0.1, 0.15) is 57.1 Å². The van der Waals surface area contributed by atoms with E-state index in [-0.39, 0.29) is 11.0 Å². The van der Waals surface area contributed by atoms with E-state index in [0.29, 0.717) is 0 Å². The highest BCUT2D eigenvalue weighted by Gasteiger charge is 2.40. The molecule has 1 aromatic rings. The highest BCUT2D eigenvalue weighted by molar-refractivity contribution is 9.10. The molecule has 3 heteroatoms. The first-order valence-electron chi connectivity index (χ1n) is 7.68. The zero-order valence-corrected chi connectivity index (χ0v) is 14.1. The molecule has 0 radical (unpaired) electrons. The SMILES string of the molecule is CC1(C)Cc2cc(Br)cc(C3(CN)CCCCC3)c2O1. The number of benzene rings is 1. The zero-order chi connectivity index (χ0) is 14.4. The number of hydrogen-bond acceptors (Lipinski definition) is 2. The molecule has 1 saturated carbocycles. The Balaban J connectivity index is 2.10. The molecule has 2 N–H and O–H groups in total. The van der Waals surface area contributed by atoms with Crippen LogP contribution in [0.15, 0.2) is 16.6 Å². The molecule has 0 bridgehead atoms. The number of rotatable bonds is 2. The van der Waals surface area contributed by atoms with Gasteiger partial charge in [0.2, 0.25) is 0 Å². The third-order valence-corrected chi connectivity index (χ3v) is 5.36. The molecule has 0 unspecified atom stereocenters. The standard InChI is InChI=1S/C17H24BrNO/c1-16(2)10-12-8-13(18)9-14(15(12)20-16)17(11-19)6-4-3-5-7-17/h8-9H,3-7,10-11,19H2,1-2H3. The minimum Gasteiger partial charge on any atom is -0.487 e. The number of halogens is 1. The van der Waals surface area contributed by atoms with Crippen LogP contribution >= 0.6 is 15.9 Å². The van der Waals surface area contributed by atoms with Gasteiger partial charge in [0.25, 0.3) is 0 Å². The number of fused-ring (bicyclic) bond motifs is 1. The lowest BCUT2D eigenvalue weighted by Gasteiger charge is -2.38. The summed E-state index contributed by atoms with van der Waals surface area (Å²) in [4.78, 5) is 0. The molecule has 0 spiro atoms. The highest BCUT2D eigenvalue weighted by atomic mass is 79.9. The Morgan fingerprint density at radius 1 is 1.20 bits per heavy atom. The van der Waals surface area contributed by atoms with E-state index in [1.165, 1.54) is 43.2 Å². The van der Waals surface area contributed by atoms with E-state index in [9.17, 15) is 0 Å². The van der Waals surface area contributed by atoms with Crippen LogP contribution < -0.4 is 10.5 Å². The fourth-order valence-corrected chi connectivity index (χ4v) is 4.38. The summed E-state index contributed by atoms with van der Waals surface area (Å²) >= 11 is 3.68. The molecule has 0 aromatic heterocycles. The smallest absolute Gasteiger partial charge is 0.127 e. The van der Waals surface area contributed by atoms with E-state index in [1.807, 2.05) is 0 Å². The van der Waals surface area contributed by atoms with Crippen molar-refractivity contribution in [1.29, 1.82) is 0 Å². The Morgan fingerprint density at radius 2 is 1.90 bits per heavy atom. The highest BCUT2D eigenvalue weighted by Crippen LogP contribution is 2.48. The van der Waals surface area contributed by atoms with Crippen LogP contribution in [0.25, 0.3) is 0 Å². The maximum absolute atomic E-state index is 6.28. The minimum atomic E-state index is -0.0949. The van der Waals surface area contributed by atoms with Crippen LogP contribution in [0.4, 0.5) is 0 Å². The first-order chi connectivity index (χ1) is 9.46. The van der Waals surface area contributed by atoms with Crippen LogP contribution in [0.5, 0.6) is 5.75 Å². The normalized spacial score (nSPS) is 23.2. The van der Waals surface area contributed by atoms with Crippen molar-refractivity contribution in [1.82, 2.24) is 0 Å². The molecule has 0 atom stereocenters. The van der Waals surface area contributed by atoms with Crippen molar-refractivity contribution in [2.75, 3.05) is 6.54 Å². The number of hydrogen-bond donors (Lipinski definition) is 1. The summed E-state index contributed by atoms with van der Waals surface area (Å²) in [5.74, 6) is 1.12. The van der Waals surface area contributed by atoms with Gasteiger partial charge in [-0.2, -0.15) is 0 Å². The van der Waals surface area contributed by atoms with E-state index < -0.39 is 0 Å². The monoisotopic (exact) mass is 337 g/mol. The van der Waals surface area contributed by atoms with Crippen LogP contribution in [-0.4, -0.2) is 12.1 Å². The maximum Gasteiger partial charge on any atom is 0.127 e. The molecule has 1 heterocycles. The molecule has 2 aliphatic rings. The molecule has 20 heavy (non-hydrogen) atoms. The molecule has 3 rings (SSSR count). The van der Waals surface area contributed by atoms with Gasteiger partial charge in [0, 0.05) is 28.4 Å². The second-order valence-electron chi connectivity index (χ2n) is 7.03. The van der Waals surface area contributed by atoms with Crippen molar-refractivity contribution >= 4 is 15.9 Å². The zero-order valence-electron chi connectivity index (χ0n) is 12.5. The Morgan fingerprint density at radius 3 is 2.55 bits per heavy atom. The van der Waals surface area contributed by atoms with E-state index in [4.69, 9.17) is 10.5 Å². The number of ether oxygens (including phenoxy) is 1. The van der Waals surface area contributed by atoms with Gasteiger partial charge in [0.05, 0.1) is 0 Å². The summed E-state index contributed by atoms with van der Waals surface area (Å²) in [6.07, 6.45) is 7.26. The van der Waals surface area contributed by atoms with Gasteiger partial charge in [0.15, 0.2) is 0 Å². The minimum absolute atomic E-state index is 0.0949. The van der Waals surface area contributed by atoms with Crippen LogP contribution in [-0.2, 0) is 11.8 Å². The predicted molar refractivity (Wildman–Crippen MR) is 86.4 cm³/mol. The second kappa shape index (κ2) is 5.03. The molecule has 1 aliphatic heterocycles. The number of nitrogens with two attached hydrogens (primary N) is 1. The van der Waals surface area contributed by atoms with Gasteiger partial charge >= 0.3 is 0 Å². The average Bonchev–Trinajstić information content (AvgIpc) is 2.72. The van der Waals surface area contributed by atoms with Crippen molar-refractivity contribution in [3.8, 4) is 5.75 Å². The summed E-state index contributed by atoms with van der Waals surface area (Å²) in [6, 6.07) is 4.46. The molecule has 2 nitrogen and oxygen atoms in total. The molecule has 1 fully saturated rings. The molecule has 110 valence electrons. The van der Waals surface area contributed by atoms with Crippen molar-refractivity contribution in [2.24, 2.45) is 5.73 Å². The van der Waals surface area contributed by atoms with Crippen LogP contribution in [0.2, 0.25) is 0 Å². The Labute approximate surface area is 130 Å². The molecule has 0 saturated heterocycles. The third-order valence-electron chi connectivity index (χ3n) is 4.90. The first kappa shape index (κ1) is 14.4. The predicted octanol–water partition coefficient (Wildman–Crippen LogP) is 4.32. The Bertz CT molecular complexity index is 518. The lowest BCUT2D eigenvalue weighted by molar-refractivity contribution is 0.133. The van der Waals surface area contributed by atoms with Gasteiger partial charge in [-0.1, -0.05) is 35.2 Å². The quantitative estimate of drug-likeness (QED) is 0.871. The average molecular weight is 338 g/mol. The Hall–Kier alpha value is -0.540. The topological polar surface area (TPSA) is 35.2 Å². The molecular weight excluding hydrogens is 314 g/mol.